The molecule has 2 unspecified atom stereocenters. The van der Waals surface area contributed by atoms with E-state index in [1.807, 2.05) is 0 Å². The van der Waals surface area contributed by atoms with Crippen molar-refractivity contribution >= 4 is 0 Å². The smallest absolute Gasteiger partial charge is 0.000988 e. The van der Waals surface area contributed by atoms with Gasteiger partial charge in [-0.1, -0.05) is 13.3 Å². The number of nitrogens with zero attached hydrogens (tertiary/aromatic N) is 1. The van der Waals surface area contributed by atoms with Gasteiger partial charge in [-0.05, 0) is 44.1 Å². The van der Waals surface area contributed by atoms with Crippen LogP contribution in [-0.2, 0) is 0 Å². The Morgan fingerprint density at radius 1 is 1.17 bits per heavy atom. The molecule has 2 atom stereocenters. The van der Waals surface area contributed by atoms with Crippen LogP contribution in [0.5, 0.6) is 0 Å². The second kappa shape index (κ2) is 3.78. The van der Waals surface area contributed by atoms with Crippen molar-refractivity contribution in [2.24, 2.45) is 11.8 Å². The molecule has 12 heavy (non-hydrogen) atoms. The van der Waals surface area contributed by atoms with Gasteiger partial charge in [-0.3, -0.25) is 0 Å². The van der Waals surface area contributed by atoms with Crippen molar-refractivity contribution in [3.8, 4) is 0 Å². The van der Waals surface area contributed by atoms with Gasteiger partial charge >= 0.3 is 0 Å². The molecule has 70 valence electrons. The molecular formula is C11H21N. The van der Waals surface area contributed by atoms with Crippen LogP contribution >= 0.6 is 0 Å². The third kappa shape index (κ3) is 1.82. The van der Waals surface area contributed by atoms with Crippen LogP contribution in [0, 0.1) is 11.8 Å². The summed E-state index contributed by atoms with van der Waals surface area (Å²) in [7, 11) is 0. The zero-order chi connectivity index (χ0) is 8.39. The fraction of sp³-hybridized carbons (Fsp3) is 1.00. The third-order valence-electron chi connectivity index (χ3n) is 3.46. The molecule has 2 fully saturated rings. The number of hydrogen-bond acceptors (Lipinski definition) is 1. The molecule has 1 aliphatic heterocycles. The van der Waals surface area contributed by atoms with E-state index in [4.69, 9.17) is 0 Å². The fourth-order valence-corrected chi connectivity index (χ4v) is 3.04. The minimum atomic E-state index is 1.06. The largest absolute Gasteiger partial charge is 0.303 e. The fourth-order valence-electron chi connectivity index (χ4n) is 3.04. The normalized spacial score (nSPS) is 36.8. The minimum Gasteiger partial charge on any atom is -0.303 e. The lowest BCUT2D eigenvalue weighted by molar-refractivity contribution is 0.0864. The van der Waals surface area contributed by atoms with E-state index in [2.05, 4.69) is 11.8 Å². The van der Waals surface area contributed by atoms with Gasteiger partial charge in [-0.15, -0.1) is 0 Å². The lowest BCUT2D eigenvalue weighted by atomic mass is 9.78. The van der Waals surface area contributed by atoms with Crippen LogP contribution in [0.25, 0.3) is 0 Å². The van der Waals surface area contributed by atoms with Crippen molar-refractivity contribution in [1.29, 1.82) is 0 Å². The van der Waals surface area contributed by atoms with Crippen LogP contribution in [-0.4, -0.2) is 24.5 Å². The van der Waals surface area contributed by atoms with Crippen molar-refractivity contribution in [3.05, 3.63) is 0 Å². The van der Waals surface area contributed by atoms with Crippen molar-refractivity contribution < 1.29 is 0 Å². The highest BCUT2D eigenvalue weighted by atomic mass is 15.1. The lowest BCUT2D eigenvalue weighted by Gasteiger charge is -2.41. The second-order valence-electron chi connectivity index (χ2n) is 4.66. The minimum absolute atomic E-state index is 1.06. The molecule has 0 aromatic carbocycles. The predicted octanol–water partition coefficient (Wildman–Crippen LogP) is 2.52. The van der Waals surface area contributed by atoms with E-state index in [9.17, 15) is 0 Å². The Labute approximate surface area is 76.1 Å². The first-order valence-electron chi connectivity index (χ1n) is 5.61. The first-order chi connectivity index (χ1) is 5.88. The van der Waals surface area contributed by atoms with Crippen LogP contribution in [0.4, 0.5) is 0 Å². The Hall–Kier alpha value is -0.0400. The van der Waals surface area contributed by atoms with Gasteiger partial charge in [0.25, 0.3) is 0 Å². The summed E-state index contributed by atoms with van der Waals surface area (Å²) in [4.78, 5) is 2.69. The summed E-state index contributed by atoms with van der Waals surface area (Å²) in [5, 5.41) is 0. The summed E-state index contributed by atoms with van der Waals surface area (Å²) in [5.41, 5.74) is 0. The summed E-state index contributed by atoms with van der Waals surface area (Å²) < 4.78 is 0. The first-order valence-corrected chi connectivity index (χ1v) is 5.61. The maximum atomic E-state index is 2.69. The van der Waals surface area contributed by atoms with Crippen LogP contribution in [0.3, 0.4) is 0 Å². The van der Waals surface area contributed by atoms with E-state index in [-0.39, 0.29) is 0 Å². The number of hydrogen-bond donors (Lipinski definition) is 0. The van der Waals surface area contributed by atoms with Gasteiger partial charge in [0.2, 0.25) is 0 Å². The van der Waals surface area contributed by atoms with Gasteiger partial charge in [0, 0.05) is 13.1 Å². The van der Waals surface area contributed by atoms with E-state index in [1.54, 1.807) is 6.42 Å². The number of fused-ring (bicyclic) bond motifs is 2. The predicted molar refractivity (Wildman–Crippen MR) is 52.2 cm³/mol. The highest BCUT2D eigenvalue weighted by Gasteiger charge is 2.29. The Morgan fingerprint density at radius 3 is 2.42 bits per heavy atom. The molecule has 2 rings (SSSR count). The van der Waals surface area contributed by atoms with E-state index < -0.39 is 0 Å². The zero-order valence-electron chi connectivity index (χ0n) is 8.26. The van der Waals surface area contributed by atoms with Crippen LogP contribution < -0.4 is 0 Å². The molecule has 0 spiro atoms. The second-order valence-corrected chi connectivity index (χ2v) is 4.66. The molecule has 2 aliphatic rings. The Kier molecular flexibility index (Phi) is 2.69. The van der Waals surface area contributed by atoms with Crippen LogP contribution in [0.2, 0.25) is 0 Å². The van der Waals surface area contributed by atoms with E-state index in [0.29, 0.717) is 0 Å². The summed E-state index contributed by atoms with van der Waals surface area (Å²) in [6, 6.07) is 0. The van der Waals surface area contributed by atoms with Gasteiger partial charge < -0.3 is 4.90 Å². The standard InChI is InChI=1S/C11H21N/c1-2-6-12-8-10-4-3-5-11(7-10)9-12/h10-11H,2-9H2,1H3. The van der Waals surface area contributed by atoms with Gasteiger partial charge in [0.05, 0.1) is 0 Å². The number of piperidine rings is 1. The molecule has 1 aliphatic carbocycles. The third-order valence-corrected chi connectivity index (χ3v) is 3.46. The molecule has 0 amide bonds. The van der Waals surface area contributed by atoms with Gasteiger partial charge in [0.1, 0.15) is 0 Å². The van der Waals surface area contributed by atoms with Gasteiger partial charge in [-0.2, -0.15) is 0 Å². The molecule has 1 heterocycles. The molecule has 0 aromatic heterocycles. The molecule has 1 saturated carbocycles. The van der Waals surface area contributed by atoms with Gasteiger partial charge in [0.15, 0.2) is 0 Å². The molecule has 1 heteroatoms. The van der Waals surface area contributed by atoms with Crippen LogP contribution in [0.15, 0.2) is 0 Å². The number of rotatable bonds is 2. The van der Waals surface area contributed by atoms with Crippen molar-refractivity contribution in [2.75, 3.05) is 19.6 Å². The summed E-state index contributed by atoms with van der Waals surface area (Å²) >= 11 is 0. The van der Waals surface area contributed by atoms with E-state index in [0.717, 1.165) is 11.8 Å². The number of likely N-dealkylation sites (tertiary alicyclic amines) is 1. The van der Waals surface area contributed by atoms with Crippen molar-refractivity contribution in [1.82, 2.24) is 4.90 Å². The van der Waals surface area contributed by atoms with E-state index in [1.165, 1.54) is 45.3 Å². The van der Waals surface area contributed by atoms with Crippen molar-refractivity contribution in [3.63, 3.8) is 0 Å². The molecule has 1 saturated heterocycles. The highest BCUT2D eigenvalue weighted by molar-refractivity contribution is 4.82. The topological polar surface area (TPSA) is 3.24 Å². The van der Waals surface area contributed by atoms with Crippen LogP contribution in [0.1, 0.15) is 39.0 Å². The maximum absolute atomic E-state index is 2.69. The average Bonchev–Trinajstić information content (AvgIpc) is 2.04. The summed E-state index contributed by atoms with van der Waals surface area (Å²) in [5.74, 6) is 2.12. The molecule has 1 nitrogen and oxygen atoms in total. The zero-order valence-corrected chi connectivity index (χ0v) is 8.26. The first kappa shape index (κ1) is 8.55. The SMILES string of the molecule is CCCN1CC2CCCC(C2)C1. The molecule has 0 radical (unpaired) electrons. The Balaban J connectivity index is 1.87. The average molecular weight is 167 g/mol. The molecule has 0 aromatic rings. The summed E-state index contributed by atoms with van der Waals surface area (Å²) in [6.45, 7) is 6.45. The highest BCUT2D eigenvalue weighted by Crippen LogP contribution is 2.34. The monoisotopic (exact) mass is 167 g/mol. The quantitative estimate of drug-likeness (QED) is 0.611. The Bertz CT molecular complexity index is 132. The molecule has 0 N–H and O–H groups in total. The van der Waals surface area contributed by atoms with Crippen molar-refractivity contribution in [2.45, 2.75) is 39.0 Å². The lowest BCUT2D eigenvalue weighted by Crippen LogP contribution is -2.42. The summed E-state index contributed by atoms with van der Waals surface area (Å²) in [6.07, 6.45) is 7.41. The molecular weight excluding hydrogens is 146 g/mol. The Morgan fingerprint density at radius 2 is 1.83 bits per heavy atom. The maximum Gasteiger partial charge on any atom is 0.000988 e. The van der Waals surface area contributed by atoms with E-state index >= 15 is 0 Å². The molecule has 2 bridgehead atoms. The van der Waals surface area contributed by atoms with Gasteiger partial charge in [-0.25, -0.2) is 0 Å².